The van der Waals surface area contributed by atoms with Crippen LogP contribution in [0.3, 0.4) is 0 Å². The van der Waals surface area contributed by atoms with Gasteiger partial charge in [-0.1, -0.05) is 146 Å². The number of allylic oxidation sites excluding steroid dienone is 7. The van der Waals surface area contributed by atoms with E-state index >= 15 is 0 Å². The summed E-state index contributed by atoms with van der Waals surface area (Å²) in [6.07, 6.45) is 27.0. The van der Waals surface area contributed by atoms with Gasteiger partial charge < -0.3 is 45.1 Å². The Morgan fingerprint density at radius 2 is 1.36 bits per heavy atom. The van der Waals surface area contributed by atoms with Gasteiger partial charge in [0.05, 0.1) is 19.3 Å². The van der Waals surface area contributed by atoms with E-state index in [0.29, 0.717) is 25.7 Å². The number of ether oxygens (including phenoxy) is 3. The van der Waals surface area contributed by atoms with Crippen molar-refractivity contribution in [3.8, 4) is 0 Å². The first-order valence-corrected chi connectivity index (χ1v) is 27.6. The maximum Gasteiger partial charge on any atom is 0.481 e. The van der Waals surface area contributed by atoms with E-state index in [1.807, 2.05) is 42.5 Å². The average molecular weight is 1020 g/mol. The van der Waals surface area contributed by atoms with Crippen LogP contribution in [0.2, 0.25) is 0 Å². The molecule has 1 aromatic heterocycles. The van der Waals surface area contributed by atoms with Crippen molar-refractivity contribution in [3.05, 3.63) is 71.4 Å². The molecule has 1 saturated heterocycles. The topological polar surface area (TPSA) is 286 Å². The number of aliphatic hydroxyl groups excluding tert-OH is 3. The highest BCUT2D eigenvalue weighted by Crippen LogP contribution is 2.60. The molecular formula is C48H81N3O16P2. The molecule has 1 aliphatic rings. The number of nitrogens with zero attached hydrogens (tertiary/aromatic N) is 2. The molecule has 19 nitrogen and oxygen atoms in total. The number of aliphatic hydroxyl groups is 3. The van der Waals surface area contributed by atoms with Gasteiger partial charge in [-0.25, -0.2) is 13.9 Å². The summed E-state index contributed by atoms with van der Waals surface area (Å²) in [6.45, 7) is 4.21. The SMILES string of the molecule is CCCC[C@@H](O)/C=C\C/C=C\C/C=C\C/C=C\CCCC(=O)O[C@H](COC(=O)CCCCCCCCCCCCC(C)C)COP(=O)(O)OP(=O)(O)OC[C@H]1O[C@@H](n2ccc(N)nc2=O)[C@H](O)[C@@H]1O. The zero-order valence-electron chi connectivity index (χ0n) is 40.9. The number of aromatic nitrogens is 2. The molecule has 394 valence electrons. The number of carbonyl (C=O) groups excluding carboxylic acids is 2. The lowest BCUT2D eigenvalue weighted by Crippen LogP contribution is -2.36. The molecule has 69 heavy (non-hydrogen) atoms. The predicted molar refractivity (Wildman–Crippen MR) is 262 cm³/mol. The molecule has 0 amide bonds. The van der Waals surface area contributed by atoms with Crippen molar-refractivity contribution in [2.75, 3.05) is 25.6 Å². The van der Waals surface area contributed by atoms with E-state index < -0.39 is 89.8 Å². The van der Waals surface area contributed by atoms with Crippen LogP contribution in [0.15, 0.2) is 65.7 Å². The van der Waals surface area contributed by atoms with Gasteiger partial charge in [0.1, 0.15) is 30.7 Å². The minimum absolute atomic E-state index is 0.0429. The molecule has 8 atom stereocenters. The van der Waals surface area contributed by atoms with Gasteiger partial charge in [-0.15, -0.1) is 0 Å². The van der Waals surface area contributed by atoms with Gasteiger partial charge in [-0.3, -0.25) is 23.2 Å². The second kappa shape index (κ2) is 35.7. The Balaban J connectivity index is 1.85. The van der Waals surface area contributed by atoms with Gasteiger partial charge in [0.2, 0.25) is 0 Å². The van der Waals surface area contributed by atoms with Gasteiger partial charge in [-0.2, -0.15) is 9.29 Å². The minimum atomic E-state index is -5.44. The van der Waals surface area contributed by atoms with Gasteiger partial charge in [0.25, 0.3) is 0 Å². The zero-order chi connectivity index (χ0) is 50.9. The third kappa shape index (κ3) is 29.6. The minimum Gasteiger partial charge on any atom is -0.462 e. The number of nitrogen functional groups attached to an aromatic ring is 1. The molecule has 0 spiro atoms. The van der Waals surface area contributed by atoms with Crippen LogP contribution in [0.25, 0.3) is 0 Å². The first-order valence-electron chi connectivity index (χ1n) is 24.6. The number of nitrogens with two attached hydrogens (primary N) is 1. The summed E-state index contributed by atoms with van der Waals surface area (Å²) >= 11 is 0. The van der Waals surface area contributed by atoms with Crippen LogP contribution in [0, 0.1) is 5.92 Å². The Kier molecular flexibility index (Phi) is 32.0. The highest BCUT2D eigenvalue weighted by molar-refractivity contribution is 7.61. The number of hydrogen-bond donors (Lipinski definition) is 6. The van der Waals surface area contributed by atoms with E-state index in [4.69, 9.17) is 29.0 Å². The van der Waals surface area contributed by atoms with Crippen molar-refractivity contribution in [3.63, 3.8) is 0 Å². The van der Waals surface area contributed by atoms with E-state index in [0.717, 1.165) is 74.5 Å². The van der Waals surface area contributed by atoms with E-state index in [9.17, 15) is 48.6 Å². The van der Waals surface area contributed by atoms with Crippen molar-refractivity contribution in [1.29, 1.82) is 0 Å². The van der Waals surface area contributed by atoms with Crippen LogP contribution in [0.5, 0.6) is 0 Å². The van der Waals surface area contributed by atoms with Crippen LogP contribution in [0.1, 0.15) is 162 Å². The normalized spacial score (nSPS) is 20.3. The Hall–Kier alpha value is -3.32. The van der Waals surface area contributed by atoms with Crippen LogP contribution >= 0.6 is 15.6 Å². The second-order valence-electron chi connectivity index (χ2n) is 17.6. The van der Waals surface area contributed by atoms with Gasteiger partial charge in [0, 0.05) is 19.0 Å². The molecule has 7 N–H and O–H groups in total. The smallest absolute Gasteiger partial charge is 0.462 e. The molecule has 2 heterocycles. The summed E-state index contributed by atoms with van der Waals surface area (Å²) in [5, 5.41) is 30.7. The van der Waals surface area contributed by atoms with Crippen molar-refractivity contribution < 1.29 is 71.4 Å². The Morgan fingerprint density at radius 1 is 0.783 bits per heavy atom. The van der Waals surface area contributed by atoms with E-state index in [1.54, 1.807) is 0 Å². The molecular weight excluding hydrogens is 936 g/mol. The third-order valence-electron chi connectivity index (χ3n) is 10.9. The monoisotopic (exact) mass is 1020 g/mol. The molecule has 0 saturated carbocycles. The number of anilines is 1. The van der Waals surface area contributed by atoms with Crippen molar-refractivity contribution in [2.24, 2.45) is 5.92 Å². The second-order valence-corrected chi connectivity index (χ2v) is 20.7. The first kappa shape index (κ1) is 61.8. The molecule has 2 unspecified atom stereocenters. The molecule has 0 aromatic carbocycles. The lowest BCUT2D eigenvalue weighted by Gasteiger charge is -2.21. The molecule has 0 aliphatic carbocycles. The summed E-state index contributed by atoms with van der Waals surface area (Å²) in [7, 11) is -10.9. The summed E-state index contributed by atoms with van der Waals surface area (Å²) in [5.74, 6) is -0.644. The van der Waals surface area contributed by atoms with Crippen LogP contribution in [-0.4, -0.2) is 96.9 Å². The molecule has 1 aliphatic heterocycles. The number of phosphoric ester groups is 2. The molecule has 0 radical (unpaired) electrons. The standard InChI is InChI=1S/C48H81N3O16P2/c1-4-5-29-39(52)30-25-21-17-13-8-6-7-9-15-19-23-27-32-44(54)65-40(35-62-43(53)31-26-22-18-14-11-10-12-16-20-24-28-38(2)3)36-63-68(58,59)67-69(60,61)64-37-41-45(55)46(56)47(66-41)51-34-33-42(49)50-48(51)57/h6-7,13,15,17,19,25,30,33-34,38-41,45-47,52,55-56H,4-5,8-12,14,16,18,20-24,26-29,31-32,35-37H2,1-3H3,(H,58,59)(H,60,61)(H2,49,50,57)/b7-6-,17-13-,19-15-,30-25-/t39-,40-,41-,45-,46-,47-/m1/s1. The largest absolute Gasteiger partial charge is 0.481 e. The van der Waals surface area contributed by atoms with Crippen LogP contribution < -0.4 is 11.4 Å². The third-order valence-corrected chi connectivity index (χ3v) is 13.5. The number of unbranched alkanes of at least 4 members (excludes halogenated alkanes) is 11. The fourth-order valence-corrected chi connectivity index (χ4v) is 9.15. The molecule has 1 fully saturated rings. The molecule has 1 aromatic rings. The fourth-order valence-electron chi connectivity index (χ4n) is 7.04. The molecule has 2 rings (SSSR count). The van der Waals surface area contributed by atoms with E-state index in [-0.39, 0.29) is 18.7 Å². The highest BCUT2D eigenvalue weighted by atomic mass is 31.3. The summed E-state index contributed by atoms with van der Waals surface area (Å²) in [4.78, 5) is 61.8. The molecule has 21 heteroatoms. The number of carbonyl (C=O) groups is 2. The fraction of sp³-hybridized carbons (Fsp3) is 0.708. The number of esters is 2. The summed E-state index contributed by atoms with van der Waals surface area (Å²) in [5.41, 5.74) is 4.57. The van der Waals surface area contributed by atoms with Crippen molar-refractivity contribution in [2.45, 2.75) is 192 Å². The quantitative estimate of drug-likeness (QED) is 0.0156. The maximum atomic E-state index is 12.8. The number of phosphoric acid groups is 2. The number of rotatable bonds is 39. The average Bonchev–Trinajstić information content (AvgIpc) is 3.57. The summed E-state index contributed by atoms with van der Waals surface area (Å²) in [6, 6.07) is 1.24. The molecule has 0 bridgehead atoms. The Bertz CT molecular complexity index is 1870. The Morgan fingerprint density at radius 3 is 1.99 bits per heavy atom. The first-order chi connectivity index (χ1) is 32.9. The van der Waals surface area contributed by atoms with Crippen LogP contribution in [0.4, 0.5) is 5.82 Å². The van der Waals surface area contributed by atoms with Gasteiger partial charge >= 0.3 is 33.3 Å². The predicted octanol–water partition coefficient (Wildman–Crippen LogP) is 8.60. The lowest BCUT2D eigenvalue weighted by molar-refractivity contribution is -0.161. The zero-order valence-corrected chi connectivity index (χ0v) is 42.7. The van der Waals surface area contributed by atoms with Gasteiger partial charge in [-0.05, 0) is 56.9 Å². The Labute approximate surface area is 408 Å². The maximum absolute atomic E-state index is 12.8. The van der Waals surface area contributed by atoms with Gasteiger partial charge in [0.15, 0.2) is 12.3 Å². The lowest BCUT2D eigenvalue weighted by atomic mass is 10.0. The number of hydrogen-bond acceptors (Lipinski definition) is 16. The van der Waals surface area contributed by atoms with Crippen molar-refractivity contribution in [1.82, 2.24) is 9.55 Å². The van der Waals surface area contributed by atoms with Crippen molar-refractivity contribution >= 4 is 33.4 Å². The highest BCUT2D eigenvalue weighted by Gasteiger charge is 2.46. The van der Waals surface area contributed by atoms with Crippen LogP contribution in [-0.2, 0) is 46.3 Å². The van der Waals surface area contributed by atoms with E-state index in [2.05, 4.69) is 36.1 Å². The summed E-state index contributed by atoms with van der Waals surface area (Å²) < 4.78 is 56.6. The van der Waals surface area contributed by atoms with E-state index in [1.165, 1.54) is 44.6 Å².